The molecule has 3 aromatic rings. The summed E-state index contributed by atoms with van der Waals surface area (Å²) in [6, 6.07) is 16.1. The largest absolute Gasteiger partial charge is 0.452 e. The molecule has 0 saturated carbocycles. The van der Waals surface area contributed by atoms with E-state index >= 15 is 0 Å². The summed E-state index contributed by atoms with van der Waals surface area (Å²) in [6.07, 6.45) is 0.324. The van der Waals surface area contributed by atoms with Crippen LogP contribution in [0.15, 0.2) is 66.0 Å². The Morgan fingerprint density at radius 1 is 0.931 bits per heavy atom. The average molecular weight is 411 g/mol. The Labute approximate surface area is 171 Å². The van der Waals surface area contributed by atoms with Crippen LogP contribution in [-0.2, 0) is 16.0 Å². The van der Waals surface area contributed by atoms with Crippen LogP contribution in [0.3, 0.4) is 0 Å². The van der Waals surface area contributed by atoms with Gasteiger partial charge in [0.1, 0.15) is 5.82 Å². The summed E-state index contributed by atoms with van der Waals surface area (Å²) in [4.78, 5) is 37.4. The maximum atomic E-state index is 13.6. The van der Waals surface area contributed by atoms with Gasteiger partial charge in [0.05, 0.1) is 10.4 Å². The monoisotopic (exact) mass is 411 g/mol. The Hall–Kier alpha value is -3.32. The first-order valence-corrected chi connectivity index (χ1v) is 9.78. The maximum Gasteiger partial charge on any atom is 0.339 e. The summed E-state index contributed by atoms with van der Waals surface area (Å²) in [5.41, 5.74) is 0.816. The van der Waals surface area contributed by atoms with Gasteiger partial charge in [-0.1, -0.05) is 42.5 Å². The van der Waals surface area contributed by atoms with Gasteiger partial charge in [0.25, 0.3) is 5.91 Å². The number of rotatable bonds is 8. The molecule has 1 aromatic heterocycles. The quantitative estimate of drug-likeness (QED) is 0.454. The SMILES string of the molecule is O=C(COC(=O)c1ccccc1C(=O)c1cccs1)NCCc1ccccc1F. The van der Waals surface area contributed by atoms with E-state index in [1.807, 2.05) is 0 Å². The van der Waals surface area contributed by atoms with Gasteiger partial charge in [0.2, 0.25) is 5.78 Å². The van der Waals surface area contributed by atoms with E-state index in [9.17, 15) is 18.8 Å². The van der Waals surface area contributed by atoms with Crippen molar-refractivity contribution in [3.63, 3.8) is 0 Å². The molecule has 5 nitrogen and oxygen atoms in total. The number of amides is 1. The highest BCUT2D eigenvalue weighted by molar-refractivity contribution is 7.12. The molecule has 0 aliphatic carbocycles. The summed E-state index contributed by atoms with van der Waals surface area (Å²) in [5, 5.41) is 4.35. The van der Waals surface area contributed by atoms with E-state index in [0.717, 1.165) is 0 Å². The summed E-state index contributed by atoms with van der Waals surface area (Å²) < 4.78 is 18.6. The number of hydrogen-bond acceptors (Lipinski definition) is 5. The normalized spacial score (nSPS) is 10.4. The van der Waals surface area contributed by atoms with Crippen LogP contribution in [0.2, 0.25) is 0 Å². The summed E-state index contributed by atoms with van der Waals surface area (Å²) in [7, 11) is 0. The Bertz CT molecular complexity index is 1020. The molecule has 0 radical (unpaired) electrons. The van der Waals surface area contributed by atoms with Crippen LogP contribution in [0.4, 0.5) is 4.39 Å². The number of carbonyl (C=O) groups is 3. The minimum absolute atomic E-state index is 0.102. The number of hydrogen-bond donors (Lipinski definition) is 1. The van der Waals surface area contributed by atoms with Gasteiger partial charge < -0.3 is 10.1 Å². The first-order chi connectivity index (χ1) is 14.1. The second-order valence-electron chi connectivity index (χ2n) is 6.12. The minimum Gasteiger partial charge on any atom is -0.452 e. The van der Waals surface area contributed by atoms with Crippen molar-refractivity contribution >= 4 is 29.0 Å². The van der Waals surface area contributed by atoms with Gasteiger partial charge in [-0.15, -0.1) is 11.3 Å². The summed E-state index contributed by atoms with van der Waals surface area (Å²) >= 11 is 1.28. The van der Waals surface area contributed by atoms with Crippen LogP contribution >= 0.6 is 11.3 Å². The molecular weight excluding hydrogens is 393 g/mol. The van der Waals surface area contributed by atoms with Gasteiger partial charge in [-0.05, 0) is 35.6 Å². The Morgan fingerprint density at radius 2 is 1.66 bits per heavy atom. The van der Waals surface area contributed by atoms with Gasteiger partial charge in [-0.3, -0.25) is 9.59 Å². The molecule has 1 amide bonds. The van der Waals surface area contributed by atoms with Gasteiger partial charge in [-0.2, -0.15) is 0 Å². The number of thiophene rings is 1. The molecule has 0 spiro atoms. The maximum absolute atomic E-state index is 13.6. The molecule has 7 heteroatoms. The third-order valence-electron chi connectivity index (χ3n) is 4.15. The predicted octanol–water partition coefficient (Wildman–Crippen LogP) is 3.63. The molecule has 0 bridgehead atoms. The number of ketones is 1. The summed E-state index contributed by atoms with van der Waals surface area (Å²) in [5.74, 6) is -1.87. The van der Waals surface area contributed by atoms with Crippen LogP contribution in [-0.4, -0.2) is 30.8 Å². The van der Waals surface area contributed by atoms with E-state index < -0.39 is 18.5 Å². The third kappa shape index (κ3) is 5.36. The fraction of sp³-hybridized carbons (Fsp3) is 0.136. The number of halogens is 1. The molecule has 3 rings (SSSR count). The highest BCUT2D eigenvalue weighted by Gasteiger charge is 2.20. The van der Waals surface area contributed by atoms with E-state index in [2.05, 4.69) is 5.32 Å². The third-order valence-corrected chi connectivity index (χ3v) is 5.01. The lowest BCUT2D eigenvalue weighted by Gasteiger charge is -2.09. The fourth-order valence-corrected chi connectivity index (χ4v) is 3.38. The van der Waals surface area contributed by atoms with Crippen LogP contribution < -0.4 is 5.32 Å². The zero-order chi connectivity index (χ0) is 20.6. The lowest BCUT2D eigenvalue weighted by Crippen LogP contribution is -2.30. The molecule has 1 N–H and O–H groups in total. The zero-order valence-electron chi connectivity index (χ0n) is 15.4. The molecule has 1 heterocycles. The highest BCUT2D eigenvalue weighted by atomic mass is 32.1. The molecule has 29 heavy (non-hydrogen) atoms. The van der Waals surface area contributed by atoms with E-state index in [0.29, 0.717) is 16.9 Å². The predicted molar refractivity (Wildman–Crippen MR) is 108 cm³/mol. The van der Waals surface area contributed by atoms with Crippen molar-refractivity contribution in [3.05, 3.63) is 93.4 Å². The Morgan fingerprint density at radius 3 is 2.38 bits per heavy atom. The number of carbonyl (C=O) groups excluding carboxylic acids is 3. The zero-order valence-corrected chi connectivity index (χ0v) is 16.2. The highest BCUT2D eigenvalue weighted by Crippen LogP contribution is 2.19. The van der Waals surface area contributed by atoms with Gasteiger partial charge in [-0.25, -0.2) is 9.18 Å². The number of benzene rings is 2. The smallest absolute Gasteiger partial charge is 0.339 e. The molecule has 0 atom stereocenters. The average Bonchev–Trinajstić information content (AvgIpc) is 3.28. The molecule has 148 valence electrons. The number of nitrogens with one attached hydrogen (secondary N) is 1. The molecule has 0 aliphatic heterocycles. The van der Waals surface area contributed by atoms with Crippen LogP contribution in [0, 0.1) is 5.82 Å². The van der Waals surface area contributed by atoms with E-state index in [4.69, 9.17) is 4.74 Å². The Kier molecular flexibility index (Phi) is 6.86. The van der Waals surface area contributed by atoms with Crippen LogP contribution in [0.5, 0.6) is 0 Å². The standard InChI is InChI=1S/C22H18FNO4S/c23-18-9-4-1-6-15(18)11-12-24-20(25)14-28-22(27)17-8-3-2-7-16(17)21(26)19-10-5-13-29-19/h1-10,13H,11-12,14H2,(H,24,25). The first-order valence-electron chi connectivity index (χ1n) is 8.90. The molecular formula is C22H18FNO4S. The molecule has 0 unspecified atom stereocenters. The molecule has 0 fully saturated rings. The molecule has 0 saturated heterocycles. The first kappa shape index (κ1) is 20.4. The Balaban J connectivity index is 1.54. The van der Waals surface area contributed by atoms with Gasteiger partial charge >= 0.3 is 5.97 Å². The van der Waals surface area contributed by atoms with Gasteiger partial charge in [0.15, 0.2) is 6.61 Å². The fourth-order valence-electron chi connectivity index (χ4n) is 2.70. The van der Waals surface area contributed by atoms with Gasteiger partial charge in [0, 0.05) is 12.1 Å². The van der Waals surface area contributed by atoms with Crippen molar-refractivity contribution < 1.29 is 23.5 Å². The second kappa shape index (κ2) is 9.75. The van der Waals surface area contributed by atoms with E-state index in [1.54, 1.807) is 53.9 Å². The van der Waals surface area contributed by atoms with Crippen molar-refractivity contribution in [1.29, 1.82) is 0 Å². The van der Waals surface area contributed by atoms with E-state index in [-0.39, 0.29) is 29.3 Å². The lowest BCUT2D eigenvalue weighted by atomic mass is 10.0. The van der Waals surface area contributed by atoms with Crippen molar-refractivity contribution in [3.8, 4) is 0 Å². The topological polar surface area (TPSA) is 72.5 Å². The number of ether oxygens (including phenoxy) is 1. The van der Waals surface area contributed by atoms with Crippen molar-refractivity contribution in [2.45, 2.75) is 6.42 Å². The minimum atomic E-state index is -0.755. The second-order valence-corrected chi connectivity index (χ2v) is 7.07. The van der Waals surface area contributed by atoms with E-state index in [1.165, 1.54) is 23.5 Å². The van der Waals surface area contributed by atoms with Crippen LogP contribution in [0.1, 0.15) is 31.2 Å². The van der Waals surface area contributed by atoms with Crippen molar-refractivity contribution in [1.82, 2.24) is 5.32 Å². The molecule has 0 aliphatic rings. The van der Waals surface area contributed by atoms with Crippen LogP contribution in [0.25, 0.3) is 0 Å². The van der Waals surface area contributed by atoms with Crippen molar-refractivity contribution in [2.24, 2.45) is 0 Å². The summed E-state index contributed by atoms with van der Waals surface area (Å²) in [6.45, 7) is -0.275. The molecule has 2 aromatic carbocycles. The lowest BCUT2D eigenvalue weighted by molar-refractivity contribution is -0.124. The number of esters is 1. The van der Waals surface area contributed by atoms with Crippen molar-refractivity contribution in [2.75, 3.05) is 13.2 Å².